The number of carbonyl (C=O) groups is 2. The highest BCUT2D eigenvalue weighted by Gasteiger charge is 2.29. The molecule has 1 amide bonds. The summed E-state index contributed by atoms with van der Waals surface area (Å²) >= 11 is 0. The number of ether oxygens (including phenoxy) is 1. The molecule has 9 heteroatoms. The van der Waals surface area contributed by atoms with Crippen LogP contribution in [-0.4, -0.2) is 32.6 Å². The van der Waals surface area contributed by atoms with Gasteiger partial charge in [0.05, 0.1) is 23.1 Å². The minimum atomic E-state index is -3.85. The van der Waals surface area contributed by atoms with Crippen LogP contribution < -0.4 is 10.1 Å². The predicted molar refractivity (Wildman–Crippen MR) is 83.2 cm³/mol. The highest BCUT2D eigenvalue weighted by atomic mass is 32.2. The maximum Gasteiger partial charge on any atom is 0.314 e. The van der Waals surface area contributed by atoms with Gasteiger partial charge in [-0.05, 0) is 31.2 Å². The van der Waals surface area contributed by atoms with Crippen molar-refractivity contribution in [1.29, 1.82) is 0 Å². The highest BCUT2D eigenvalue weighted by molar-refractivity contribution is 7.89. The van der Waals surface area contributed by atoms with Crippen LogP contribution in [0.3, 0.4) is 0 Å². The van der Waals surface area contributed by atoms with Gasteiger partial charge in [0.15, 0.2) is 0 Å². The van der Waals surface area contributed by atoms with Gasteiger partial charge >= 0.3 is 5.97 Å². The fourth-order valence-corrected chi connectivity index (χ4v) is 2.92. The van der Waals surface area contributed by atoms with Crippen molar-refractivity contribution < 1.29 is 22.7 Å². The van der Waals surface area contributed by atoms with Gasteiger partial charge in [-0.3, -0.25) is 9.59 Å². The predicted octanol–water partition coefficient (Wildman–Crippen LogP) is 0.862. The topological polar surface area (TPSA) is 114 Å². The number of amides is 1. The first-order valence-electron chi connectivity index (χ1n) is 6.90. The van der Waals surface area contributed by atoms with Crippen LogP contribution in [0.15, 0.2) is 34.3 Å². The van der Waals surface area contributed by atoms with Crippen LogP contribution in [0, 0.1) is 5.92 Å². The van der Waals surface area contributed by atoms with E-state index < -0.39 is 21.9 Å². The van der Waals surface area contributed by atoms with E-state index in [0.717, 1.165) is 0 Å². The molecule has 1 atom stereocenters. The molecule has 1 fully saturated rings. The van der Waals surface area contributed by atoms with Crippen molar-refractivity contribution in [1.82, 2.24) is 4.83 Å². The normalized spacial score (nSPS) is 18.4. The summed E-state index contributed by atoms with van der Waals surface area (Å²) in [6.45, 7) is 3.24. The largest absolute Gasteiger partial charge is 0.465 e. The number of anilines is 1. The lowest BCUT2D eigenvalue weighted by Crippen LogP contribution is -2.24. The summed E-state index contributed by atoms with van der Waals surface area (Å²) in [6.07, 6.45) is 0.487. The Morgan fingerprint density at radius 3 is 2.43 bits per heavy atom. The number of esters is 1. The Morgan fingerprint density at radius 1 is 1.26 bits per heavy atom. The first kappa shape index (κ1) is 16.9. The number of nitrogens with zero attached hydrogens (tertiary/aromatic N) is 1. The van der Waals surface area contributed by atoms with Crippen LogP contribution in [0.5, 0.6) is 0 Å². The van der Waals surface area contributed by atoms with Crippen molar-refractivity contribution in [3.63, 3.8) is 0 Å². The average molecular weight is 339 g/mol. The summed E-state index contributed by atoms with van der Waals surface area (Å²) in [7, 11) is -3.85. The average Bonchev–Trinajstić information content (AvgIpc) is 2.91. The molecule has 124 valence electrons. The molecular weight excluding hydrogens is 322 g/mol. The van der Waals surface area contributed by atoms with E-state index in [2.05, 4.69) is 15.2 Å². The number of carbonyl (C=O) groups excluding carboxylic acids is 2. The molecule has 1 heterocycles. The SMILES string of the molecule is CC(=O)Nc1ccc(S(=O)(=O)N/N=C(/C)C2CCOC2=O)cc1. The molecule has 1 unspecified atom stereocenters. The summed E-state index contributed by atoms with van der Waals surface area (Å²) in [5.41, 5.74) is 0.843. The summed E-state index contributed by atoms with van der Waals surface area (Å²) in [5, 5.41) is 6.33. The number of sulfonamides is 1. The molecule has 1 aliphatic heterocycles. The van der Waals surface area contributed by atoms with Crippen molar-refractivity contribution in [3.05, 3.63) is 24.3 Å². The van der Waals surface area contributed by atoms with Crippen molar-refractivity contribution in [2.75, 3.05) is 11.9 Å². The third-order valence-electron chi connectivity index (χ3n) is 3.27. The second kappa shape index (κ2) is 6.78. The maximum absolute atomic E-state index is 12.1. The molecule has 0 bridgehead atoms. The van der Waals surface area contributed by atoms with Gasteiger partial charge in [-0.1, -0.05) is 0 Å². The Bertz CT molecular complexity index is 740. The lowest BCUT2D eigenvalue weighted by molar-refractivity contribution is -0.139. The molecule has 0 saturated carbocycles. The van der Waals surface area contributed by atoms with Gasteiger partial charge in [0, 0.05) is 19.0 Å². The number of hydrogen-bond donors (Lipinski definition) is 2. The van der Waals surface area contributed by atoms with E-state index in [1.54, 1.807) is 6.92 Å². The van der Waals surface area contributed by atoms with Crippen molar-refractivity contribution in [2.24, 2.45) is 11.0 Å². The van der Waals surface area contributed by atoms with Gasteiger partial charge in [0.2, 0.25) is 5.91 Å². The van der Waals surface area contributed by atoms with Crippen LogP contribution in [0.2, 0.25) is 0 Å². The number of benzene rings is 1. The van der Waals surface area contributed by atoms with E-state index in [-0.39, 0.29) is 10.8 Å². The number of nitrogens with one attached hydrogen (secondary N) is 2. The van der Waals surface area contributed by atoms with Gasteiger partial charge in [0.1, 0.15) is 0 Å². The lowest BCUT2D eigenvalue weighted by atomic mass is 10.0. The van der Waals surface area contributed by atoms with Crippen LogP contribution in [0.4, 0.5) is 5.69 Å². The third-order valence-corrected chi connectivity index (χ3v) is 4.49. The molecule has 0 spiro atoms. The van der Waals surface area contributed by atoms with Gasteiger partial charge < -0.3 is 10.1 Å². The van der Waals surface area contributed by atoms with E-state index in [1.807, 2.05) is 0 Å². The zero-order valence-electron chi connectivity index (χ0n) is 12.7. The molecule has 1 aromatic carbocycles. The Labute approximate surface area is 134 Å². The molecule has 2 rings (SSSR count). The number of hydrogen-bond acceptors (Lipinski definition) is 6. The Morgan fingerprint density at radius 2 is 1.91 bits per heavy atom. The second-order valence-corrected chi connectivity index (χ2v) is 6.72. The smallest absolute Gasteiger partial charge is 0.314 e. The molecule has 0 aliphatic carbocycles. The summed E-state index contributed by atoms with van der Waals surface area (Å²) in [6, 6.07) is 5.65. The van der Waals surface area contributed by atoms with Crippen LogP contribution in [0.25, 0.3) is 0 Å². The van der Waals surface area contributed by atoms with Gasteiger partial charge in [0.25, 0.3) is 10.0 Å². The minimum absolute atomic E-state index is 0.00264. The Balaban J connectivity index is 2.09. The summed E-state index contributed by atoms with van der Waals surface area (Å²) < 4.78 is 29.1. The zero-order chi connectivity index (χ0) is 17.0. The monoisotopic (exact) mass is 339 g/mol. The van der Waals surface area contributed by atoms with E-state index in [1.165, 1.54) is 31.2 Å². The van der Waals surface area contributed by atoms with Gasteiger partial charge in [-0.2, -0.15) is 13.5 Å². The van der Waals surface area contributed by atoms with E-state index >= 15 is 0 Å². The molecule has 23 heavy (non-hydrogen) atoms. The minimum Gasteiger partial charge on any atom is -0.465 e. The quantitative estimate of drug-likeness (QED) is 0.469. The maximum atomic E-state index is 12.1. The molecule has 0 radical (unpaired) electrons. The molecule has 0 aromatic heterocycles. The van der Waals surface area contributed by atoms with Crippen molar-refractivity contribution in [3.8, 4) is 0 Å². The van der Waals surface area contributed by atoms with Crippen LogP contribution in [0.1, 0.15) is 20.3 Å². The fraction of sp³-hybridized carbons (Fsp3) is 0.357. The third kappa shape index (κ3) is 4.28. The second-order valence-electron chi connectivity index (χ2n) is 5.06. The number of rotatable bonds is 5. The van der Waals surface area contributed by atoms with E-state index in [4.69, 9.17) is 4.74 Å². The summed E-state index contributed by atoms with van der Waals surface area (Å²) in [4.78, 5) is 24.4. The molecule has 1 aliphatic rings. The van der Waals surface area contributed by atoms with Crippen molar-refractivity contribution in [2.45, 2.75) is 25.2 Å². The Hall–Kier alpha value is -2.42. The van der Waals surface area contributed by atoms with Crippen molar-refractivity contribution >= 4 is 33.3 Å². The molecule has 8 nitrogen and oxygen atoms in total. The zero-order valence-corrected chi connectivity index (χ0v) is 13.5. The van der Waals surface area contributed by atoms with Crippen LogP contribution in [-0.2, 0) is 24.3 Å². The van der Waals surface area contributed by atoms with Crippen LogP contribution >= 0.6 is 0 Å². The van der Waals surface area contributed by atoms with Gasteiger partial charge in [-0.25, -0.2) is 4.83 Å². The fourth-order valence-electron chi connectivity index (χ4n) is 2.06. The first-order valence-corrected chi connectivity index (χ1v) is 8.38. The summed E-state index contributed by atoms with van der Waals surface area (Å²) in [5.74, 6) is -1.16. The molecule has 2 N–H and O–H groups in total. The molecular formula is C14H17N3O5S. The highest BCUT2D eigenvalue weighted by Crippen LogP contribution is 2.17. The van der Waals surface area contributed by atoms with E-state index in [9.17, 15) is 18.0 Å². The first-order chi connectivity index (χ1) is 10.8. The standard InChI is InChI=1S/C14H17N3O5S/c1-9(13-7-8-22-14(13)19)16-17-23(20,21)12-5-3-11(4-6-12)15-10(2)18/h3-6,13,17H,7-8H2,1-2H3,(H,15,18)/b16-9-. The number of hydrazone groups is 1. The molecule has 1 aromatic rings. The lowest BCUT2D eigenvalue weighted by Gasteiger charge is -2.08. The van der Waals surface area contributed by atoms with E-state index in [0.29, 0.717) is 24.4 Å². The van der Waals surface area contributed by atoms with Gasteiger partial charge in [-0.15, -0.1) is 0 Å². The molecule has 1 saturated heterocycles. The Kier molecular flexibility index (Phi) is 4.99. The number of cyclic esters (lactones) is 1.